The fourth-order valence-electron chi connectivity index (χ4n) is 4.50. The number of amides is 1. The summed E-state index contributed by atoms with van der Waals surface area (Å²) in [5.41, 5.74) is 1.27. The summed E-state index contributed by atoms with van der Waals surface area (Å²) >= 11 is 2.52. The van der Waals surface area contributed by atoms with E-state index in [1.165, 1.54) is 34.9 Å². The lowest BCUT2D eigenvalue weighted by molar-refractivity contribution is -0.117. The number of aliphatic hydroxyl groups is 1. The maximum absolute atomic E-state index is 13.7. The van der Waals surface area contributed by atoms with Crippen molar-refractivity contribution in [2.75, 3.05) is 4.90 Å². The number of hydrogen-bond acceptors (Lipinski definition) is 9. The van der Waals surface area contributed by atoms with Crippen molar-refractivity contribution in [1.82, 2.24) is 10.2 Å². The number of nitrogens with zero attached hydrogens (tertiary/aromatic N) is 3. The predicted molar refractivity (Wildman–Crippen MR) is 156 cm³/mol. The molecule has 210 valence electrons. The first-order valence-electron chi connectivity index (χ1n) is 12.8. The molecular formula is C31H22FN3O5S2. The van der Waals surface area contributed by atoms with Gasteiger partial charge in [-0.1, -0.05) is 65.6 Å². The number of Topliss-reactive ketones (excluding diaryl/α,β-unsaturated/α-hetero) is 1. The summed E-state index contributed by atoms with van der Waals surface area (Å²) in [6.45, 7) is 1.70. The average molecular weight is 600 g/mol. The molecule has 0 spiro atoms. The van der Waals surface area contributed by atoms with Crippen molar-refractivity contribution in [2.24, 2.45) is 0 Å². The molecule has 1 atom stereocenters. The molecule has 0 aliphatic carbocycles. The third kappa shape index (κ3) is 5.56. The van der Waals surface area contributed by atoms with Crippen molar-refractivity contribution in [3.63, 3.8) is 0 Å². The molecule has 0 radical (unpaired) electrons. The molecule has 1 amide bonds. The van der Waals surface area contributed by atoms with E-state index in [1.807, 2.05) is 30.3 Å². The number of anilines is 1. The molecule has 5 aromatic rings. The number of para-hydroxylation sites is 1. The second kappa shape index (κ2) is 11.6. The predicted octanol–water partition coefficient (Wildman–Crippen LogP) is 7.45. The quantitative estimate of drug-likeness (QED) is 0.106. The highest BCUT2D eigenvalue weighted by Crippen LogP contribution is 2.44. The molecule has 1 aliphatic rings. The van der Waals surface area contributed by atoms with Crippen molar-refractivity contribution in [3.8, 4) is 11.5 Å². The van der Waals surface area contributed by atoms with Crippen LogP contribution in [0, 0.1) is 12.7 Å². The van der Waals surface area contributed by atoms with Crippen molar-refractivity contribution in [2.45, 2.75) is 23.1 Å². The first-order chi connectivity index (χ1) is 20.4. The van der Waals surface area contributed by atoms with Crippen LogP contribution in [0.15, 0.2) is 111 Å². The molecule has 8 nitrogen and oxygen atoms in total. The normalized spacial score (nSPS) is 15.0. The Kier molecular flexibility index (Phi) is 7.60. The van der Waals surface area contributed by atoms with Crippen LogP contribution in [-0.2, 0) is 10.5 Å². The Morgan fingerprint density at radius 3 is 2.52 bits per heavy atom. The number of halogens is 1. The maximum Gasteiger partial charge on any atom is 0.296 e. The Labute approximate surface area is 248 Å². The topological polar surface area (TPSA) is 106 Å². The Morgan fingerprint density at radius 2 is 1.79 bits per heavy atom. The minimum absolute atomic E-state index is 0.00167. The lowest BCUT2D eigenvalue weighted by Crippen LogP contribution is -2.31. The molecule has 0 fully saturated rings. The van der Waals surface area contributed by atoms with E-state index in [1.54, 1.807) is 49.4 Å². The molecule has 0 saturated carbocycles. The molecule has 42 heavy (non-hydrogen) atoms. The summed E-state index contributed by atoms with van der Waals surface area (Å²) < 4.78 is 25.4. The van der Waals surface area contributed by atoms with E-state index < -0.39 is 23.5 Å². The third-order valence-corrected chi connectivity index (χ3v) is 8.57. The number of thioether (sulfide) groups is 1. The number of aliphatic hydroxyl groups excluding tert-OH is 1. The van der Waals surface area contributed by atoms with Gasteiger partial charge in [-0.05, 0) is 66.6 Å². The van der Waals surface area contributed by atoms with Crippen LogP contribution in [0.25, 0.3) is 0 Å². The van der Waals surface area contributed by atoms with E-state index in [2.05, 4.69) is 10.2 Å². The fraction of sp³-hybridized carbons (Fsp3) is 0.0968. The Hall–Kier alpha value is -4.74. The minimum atomic E-state index is -1.03. The molecule has 1 N–H and O–H groups in total. The number of ketones is 1. The highest BCUT2D eigenvalue weighted by atomic mass is 32.2. The van der Waals surface area contributed by atoms with Crippen LogP contribution >= 0.6 is 23.1 Å². The zero-order valence-electron chi connectivity index (χ0n) is 22.1. The molecule has 11 heteroatoms. The van der Waals surface area contributed by atoms with Crippen LogP contribution in [0.1, 0.15) is 33.5 Å². The summed E-state index contributed by atoms with van der Waals surface area (Å²) in [6, 6.07) is 24.4. The standard InChI is InChI=1S/C31H22FN3O5S2/c1-18-10-15-24(39-18)27(36)25-26(20-6-5-9-23(16-20)40-22-7-3-2-4-8-22)35(29(38)28(25)37)30-33-34-31(42-30)41-17-19-11-13-21(32)14-12-19/h2-16,26,37H,17H2,1H3. The maximum atomic E-state index is 13.7. The second-order valence-corrected chi connectivity index (χ2v) is 11.5. The van der Waals surface area contributed by atoms with Gasteiger partial charge in [-0.15, -0.1) is 10.2 Å². The molecule has 1 unspecified atom stereocenters. The number of carbonyl (C=O) groups excluding carboxylic acids is 2. The smallest absolute Gasteiger partial charge is 0.296 e. The molecule has 1 aliphatic heterocycles. The number of aryl methyl sites for hydroxylation is 1. The van der Waals surface area contributed by atoms with Crippen LogP contribution in [0.2, 0.25) is 0 Å². The van der Waals surface area contributed by atoms with Gasteiger partial charge < -0.3 is 14.3 Å². The van der Waals surface area contributed by atoms with E-state index in [0.29, 0.717) is 32.9 Å². The minimum Gasteiger partial charge on any atom is -0.503 e. The molecule has 6 rings (SSSR count). The number of benzene rings is 3. The van der Waals surface area contributed by atoms with Gasteiger partial charge in [0.1, 0.15) is 23.1 Å². The Morgan fingerprint density at radius 1 is 1.02 bits per heavy atom. The van der Waals surface area contributed by atoms with Crippen molar-refractivity contribution in [3.05, 3.63) is 131 Å². The number of furan rings is 1. The number of ether oxygens (including phenoxy) is 1. The van der Waals surface area contributed by atoms with Crippen LogP contribution in [0.5, 0.6) is 11.5 Å². The van der Waals surface area contributed by atoms with Gasteiger partial charge in [-0.3, -0.25) is 14.5 Å². The van der Waals surface area contributed by atoms with Crippen LogP contribution in [0.4, 0.5) is 9.52 Å². The number of aromatic nitrogens is 2. The van der Waals surface area contributed by atoms with Gasteiger partial charge in [0, 0.05) is 5.75 Å². The van der Waals surface area contributed by atoms with E-state index >= 15 is 0 Å². The zero-order valence-corrected chi connectivity index (χ0v) is 23.7. The monoisotopic (exact) mass is 599 g/mol. The first kappa shape index (κ1) is 27.4. The number of carbonyl (C=O) groups is 2. The Balaban J connectivity index is 1.35. The molecule has 2 aromatic heterocycles. The van der Waals surface area contributed by atoms with E-state index in [9.17, 15) is 19.1 Å². The molecule has 0 bridgehead atoms. The first-order valence-corrected chi connectivity index (χ1v) is 14.6. The highest BCUT2D eigenvalue weighted by molar-refractivity contribution is 8.00. The summed E-state index contributed by atoms with van der Waals surface area (Å²) in [6.07, 6.45) is 0. The van der Waals surface area contributed by atoms with Crippen molar-refractivity contribution >= 4 is 39.9 Å². The third-order valence-electron chi connectivity index (χ3n) is 6.45. The average Bonchev–Trinajstić information content (AvgIpc) is 3.71. The van der Waals surface area contributed by atoms with Crippen LogP contribution in [-0.4, -0.2) is 27.0 Å². The van der Waals surface area contributed by atoms with Gasteiger partial charge in [0.15, 0.2) is 15.9 Å². The lowest BCUT2D eigenvalue weighted by Gasteiger charge is -2.24. The van der Waals surface area contributed by atoms with Crippen molar-refractivity contribution < 1.29 is 28.2 Å². The molecule has 3 aromatic carbocycles. The molecule has 0 saturated heterocycles. The van der Waals surface area contributed by atoms with E-state index in [-0.39, 0.29) is 22.3 Å². The van der Waals surface area contributed by atoms with Gasteiger partial charge >= 0.3 is 0 Å². The SMILES string of the molecule is Cc1ccc(C(=O)C2=C(O)C(=O)N(c3nnc(SCc4ccc(F)cc4)s3)C2c2cccc(Oc3ccccc3)c2)o1. The molecular weight excluding hydrogens is 577 g/mol. The Bertz CT molecular complexity index is 1800. The summed E-state index contributed by atoms with van der Waals surface area (Å²) in [4.78, 5) is 28.5. The summed E-state index contributed by atoms with van der Waals surface area (Å²) in [7, 11) is 0. The van der Waals surface area contributed by atoms with Gasteiger partial charge in [0.25, 0.3) is 5.91 Å². The van der Waals surface area contributed by atoms with E-state index in [4.69, 9.17) is 9.15 Å². The van der Waals surface area contributed by atoms with Gasteiger partial charge in [0.2, 0.25) is 10.9 Å². The second-order valence-electron chi connectivity index (χ2n) is 9.33. The largest absolute Gasteiger partial charge is 0.503 e. The lowest BCUT2D eigenvalue weighted by atomic mass is 9.95. The van der Waals surface area contributed by atoms with Crippen molar-refractivity contribution in [1.29, 1.82) is 0 Å². The number of hydrogen-bond donors (Lipinski definition) is 1. The summed E-state index contributed by atoms with van der Waals surface area (Å²) in [5.74, 6) is -0.299. The van der Waals surface area contributed by atoms with Gasteiger partial charge in [-0.25, -0.2) is 4.39 Å². The number of rotatable bonds is 9. The highest BCUT2D eigenvalue weighted by Gasteiger charge is 2.46. The van der Waals surface area contributed by atoms with E-state index in [0.717, 1.165) is 16.9 Å². The fourth-order valence-corrected chi connectivity index (χ4v) is 6.32. The van der Waals surface area contributed by atoms with Crippen LogP contribution < -0.4 is 9.64 Å². The summed E-state index contributed by atoms with van der Waals surface area (Å²) in [5, 5.41) is 19.7. The van der Waals surface area contributed by atoms with Gasteiger partial charge in [-0.2, -0.15) is 0 Å². The van der Waals surface area contributed by atoms with Crippen LogP contribution in [0.3, 0.4) is 0 Å². The molecule has 3 heterocycles. The zero-order chi connectivity index (χ0) is 29.2. The van der Waals surface area contributed by atoms with Gasteiger partial charge in [0.05, 0.1) is 11.6 Å².